The van der Waals surface area contributed by atoms with E-state index in [1.165, 1.54) is 64.3 Å². The zero-order valence-electron chi connectivity index (χ0n) is 21.8. The second-order valence-corrected chi connectivity index (χ2v) is 12.6. The van der Waals surface area contributed by atoms with Crippen LogP contribution in [0, 0.1) is 17.8 Å². The molecule has 1 aromatic rings. The number of nitrogens with zero attached hydrogens (tertiary/aromatic N) is 3. The Balaban J connectivity index is 1.20. The topological polar surface area (TPSA) is 67.2 Å². The number of hydrogen-bond donors (Lipinski definition) is 2. The zero-order chi connectivity index (χ0) is 24.6. The summed E-state index contributed by atoms with van der Waals surface area (Å²) in [5.74, 6) is 2.01. The van der Waals surface area contributed by atoms with Crippen LogP contribution in [0.1, 0.15) is 83.5 Å². The fourth-order valence-corrected chi connectivity index (χ4v) is 8.91. The molecule has 3 heterocycles. The lowest BCUT2D eigenvalue weighted by Crippen LogP contribution is -2.62. The molecular weight excluding hydrogens is 450 g/mol. The number of benzene rings is 1. The van der Waals surface area contributed by atoms with E-state index in [9.17, 15) is 15.0 Å². The van der Waals surface area contributed by atoms with Crippen molar-refractivity contribution >= 4 is 11.7 Å². The first kappa shape index (κ1) is 24.7. The van der Waals surface area contributed by atoms with Gasteiger partial charge in [-0.3, -0.25) is 9.69 Å². The van der Waals surface area contributed by atoms with Crippen LogP contribution in [0.25, 0.3) is 0 Å². The molecule has 2 saturated carbocycles. The maximum absolute atomic E-state index is 11.9. The number of carboxylic acids is 1. The molecule has 6 rings (SSSR count). The van der Waals surface area contributed by atoms with Crippen LogP contribution in [0.15, 0.2) is 30.3 Å². The highest BCUT2D eigenvalue weighted by Gasteiger charge is 2.45. The van der Waals surface area contributed by atoms with Crippen molar-refractivity contribution in [3.8, 4) is 0 Å². The van der Waals surface area contributed by atoms with Crippen LogP contribution in [-0.2, 0) is 4.79 Å². The molecule has 6 unspecified atom stereocenters. The van der Waals surface area contributed by atoms with E-state index in [0.717, 1.165) is 42.7 Å². The van der Waals surface area contributed by atoms with Crippen LogP contribution in [0.3, 0.4) is 0 Å². The molecule has 2 aliphatic carbocycles. The molecule has 6 nitrogen and oxygen atoms in total. The van der Waals surface area contributed by atoms with Gasteiger partial charge in [0.1, 0.15) is 6.04 Å². The van der Waals surface area contributed by atoms with E-state index in [4.69, 9.17) is 0 Å². The Kier molecular flexibility index (Phi) is 7.29. The molecule has 36 heavy (non-hydrogen) atoms. The molecule has 6 heteroatoms. The van der Waals surface area contributed by atoms with Gasteiger partial charge in [0.2, 0.25) is 0 Å². The summed E-state index contributed by atoms with van der Waals surface area (Å²) in [5.41, 5.74) is 1.01. The number of para-hydroxylation sites is 1. The van der Waals surface area contributed by atoms with E-state index in [0.29, 0.717) is 25.0 Å². The van der Waals surface area contributed by atoms with Crippen molar-refractivity contribution in [1.29, 1.82) is 0 Å². The summed E-state index contributed by atoms with van der Waals surface area (Å²) < 4.78 is 0. The quantitative estimate of drug-likeness (QED) is 0.524. The number of aliphatic hydroxyl groups excluding tert-OH is 1. The number of fused-ring (bicyclic) bond motifs is 4. The van der Waals surface area contributed by atoms with Crippen molar-refractivity contribution in [2.24, 2.45) is 17.8 Å². The van der Waals surface area contributed by atoms with E-state index < -0.39 is 18.4 Å². The Labute approximate surface area is 216 Å². The molecule has 3 aliphatic heterocycles. The second-order valence-electron chi connectivity index (χ2n) is 12.6. The Morgan fingerprint density at radius 3 is 2.22 bits per heavy atom. The molecule has 5 fully saturated rings. The number of likely N-dealkylation sites (tertiary alicyclic amines) is 1. The van der Waals surface area contributed by atoms with Gasteiger partial charge in [0.05, 0.1) is 0 Å². The molecule has 1 aromatic carbocycles. The van der Waals surface area contributed by atoms with Gasteiger partial charge in [-0.15, -0.1) is 0 Å². The van der Waals surface area contributed by atoms with Crippen LogP contribution in [-0.4, -0.2) is 69.6 Å². The van der Waals surface area contributed by atoms with E-state index >= 15 is 0 Å². The van der Waals surface area contributed by atoms with Crippen molar-refractivity contribution < 1.29 is 15.0 Å². The highest BCUT2D eigenvalue weighted by molar-refractivity contribution is 5.74. The highest BCUT2D eigenvalue weighted by atomic mass is 16.4. The second kappa shape index (κ2) is 10.6. The average Bonchev–Trinajstić information content (AvgIpc) is 3.36. The third-order valence-corrected chi connectivity index (χ3v) is 10.4. The maximum Gasteiger partial charge on any atom is 0.321 e. The molecule has 3 saturated heterocycles. The van der Waals surface area contributed by atoms with Crippen LogP contribution >= 0.6 is 0 Å². The van der Waals surface area contributed by atoms with Gasteiger partial charge in [-0.25, -0.2) is 4.90 Å². The van der Waals surface area contributed by atoms with E-state index in [1.807, 2.05) is 23.1 Å². The lowest BCUT2D eigenvalue weighted by atomic mass is 9.67. The highest BCUT2D eigenvalue weighted by Crippen LogP contribution is 2.45. The molecule has 4 bridgehead atoms. The number of rotatable bonds is 7. The SMILES string of the molecule is O=C(O)C1CCCN1C(O)N(c1ccccc1)C1CC2CCCC(C1)N2CC1CC2CCCC(C2)C1. The first-order valence-corrected chi connectivity index (χ1v) is 14.8. The average molecular weight is 496 g/mol. The number of hydrogen-bond acceptors (Lipinski definition) is 5. The number of carbonyl (C=O) groups is 1. The minimum atomic E-state index is -0.897. The van der Waals surface area contributed by atoms with Gasteiger partial charge in [-0.2, -0.15) is 0 Å². The summed E-state index contributed by atoms with van der Waals surface area (Å²) in [5, 5.41) is 21.5. The van der Waals surface area contributed by atoms with Crippen molar-refractivity contribution in [2.45, 2.75) is 114 Å². The molecular formula is C30H45N3O3. The van der Waals surface area contributed by atoms with E-state index in [-0.39, 0.29) is 6.04 Å². The largest absolute Gasteiger partial charge is 0.480 e. The molecule has 0 spiro atoms. The summed E-state index contributed by atoms with van der Waals surface area (Å²) in [6.07, 6.45) is 15.2. The number of carboxylic acid groups (broad SMARTS) is 1. The number of piperidine rings is 2. The summed E-state index contributed by atoms with van der Waals surface area (Å²) in [7, 11) is 0. The summed E-state index contributed by atoms with van der Waals surface area (Å²) in [4.78, 5) is 18.8. The van der Waals surface area contributed by atoms with Crippen LogP contribution in [0.4, 0.5) is 5.69 Å². The predicted octanol–water partition coefficient (Wildman–Crippen LogP) is 4.92. The minimum absolute atomic E-state index is 0.231. The Hall–Kier alpha value is -1.63. The van der Waals surface area contributed by atoms with Gasteiger partial charge in [0, 0.05) is 36.9 Å². The molecule has 0 radical (unpaired) electrons. The Morgan fingerprint density at radius 2 is 1.56 bits per heavy atom. The van der Waals surface area contributed by atoms with Crippen molar-refractivity contribution in [3.63, 3.8) is 0 Å². The fourth-order valence-electron chi connectivity index (χ4n) is 8.91. The van der Waals surface area contributed by atoms with Crippen molar-refractivity contribution in [1.82, 2.24) is 9.80 Å². The molecule has 2 N–H and O–H groups in total. The number of aliphatic hydroxyl groups is 1. The third-order valence-electron chi connectivity index (χ3n) is 10.4. The monoisotopic (exact) mass is 495 g/mol. The standard InChI is InChI=1S/C30H45N3O3/c34-29(35)28-13-6-14-31(28)30(36)33(24-9-2-1-3-10-24)27-18-25-11-5-12-26(19-27)32(25)20-23-16-21-7-4-8-22(15-21)17-23/h1-3,9-10,21-23,25-28,30,36H,4-8,11-20H2,(H,34,35). The van der Waals surface area contributed by atoms with Crippen LogP contribution in [0.2, 0.25) is 0 Å². The zero-order valence-corrected chi connectivity index (χ0v) is 21.8. The van der Waals surface area contributed by atoms with E-state index in [2.05, 4.69) is 21.9 Å². The normalized spacial score (nSPS) is 38.0. The maximum atomic E-state index is 11.9. The minimum Gasteiger partial charge on any atom is -0.480 e. The Bertz CT molecular complexity index is 871. The van der Waals surface area contributed by atoms with Crippen molar-refractivity contribution in [2.75, 3.05) is 18.0 Å². The van der Waals surface area contributed by atoms with Gasteiger partial charge in [-0.05, 0) is 87.7 Å². The van der Waals surface area contributed by atoms with Crippen LogP contribution in [0.5, 0.6) is 0 Å². The van der Waals surface area contributed by atoms with Gasteiger partial charge < -0.3 is 15.1 Å². The van der Waals surface area contributed by atoms with Crippen molar-refractivity contribution in [3.05, 3.63) is 30.3 Å². The molecule has 198 valence electrons. The summed E-state index contributed by atoms with van der Waals surface area (Å²) in [6, 6.07) is 11.0. The number of anilines is 1. The van der Waals surface area contributed by atoms with Gasteiger partial charge in [-0.1, -0.05) is 43.9 Å². The van der Waals surface area contributed by atoms with Gasteiger partial charge >= 0.3 is 5.97 Å². The first-order valence-electron chi connectivity index (χ1n) is 14.8. The fraction of sp³-hybridized carbons (Fsp3) is 0.767. The first-order chi connectivity index (χ1) is 17.6. The van der Waals surface area contributed by atoms with Gasteiger partial charge in [0.15, 0.2) is 6.35 Å². The molecule has 0 amide bonds. The van der Waals surface area contributed by atoms with Crippen LogP contribution < -0.4 is 4.90 Å². The summed E-state index contributed by atoms with van der Waals surface area (Å²) >= 11 is 0. The summed E-state index contributed by atoms with van der Waals surface area (Å²) in [6.45, 7) is 1.91. The van der Waals surface area contributed by atoms with E-state index in [1.54, 1.807) is 0 Å². The molecule has 6 atom stereocenters. The smallest absolute Gasteiger partial charge is 0.321 e. The lowest BCUT2D eigenvalue weighted by Gasteiger charge is -2.54. The molecule has 0 aromatic heterocycles. The predicted molar refractivity (Wildman–Crippen MR) is 142 cm³/mol. The van der Waals surface area contributed by atoms with Gasteiger partial charge in [0.25, 0.3) is 0 Å². The lowest BCUT2D eigenvalue weighted by molar-refractivity contribution is -0.146. The Morgan fingerprint density at radius 1 is 0.889 bits per heavy atom. The number of aliphatic carboxylic acids is 1. The third kappa shape index (κ3) is 4.93. The molecule has 5 aliphatic rings.